The van der Waals surface area contributed by atoms with Gasteiger partial charge in [0.05, 0.1) is 11.7 Å². The Morgan fingerprint density at radius 3 is 2.64 bits per heavy atom. The van der Waals surface area contributed by atoms with E-state index < -0.39 is 0 Å². The summed E-state index contributed by atoms with van der Waals surface area (Å²) in [5.74, 6) is 0.101. The van der Waals surface area contributed by atoms with Crippen LogP contribution >= 0.6 is 11.3 Å². The van der Waals surface area contributed by atoms with Crippen molar-refractivity contribution < 1.29 is 9.59 Å². The fourth-order valence-electron chi connectivity index (χ4n) is 4.16. The average molecular weight is 467 g/mol. The van der Waals surface area contributed by atoms with Gasteiger partial charge in [0, 0.05) is 23.5 Å². The van der Waals surface area contributed by atoms with E-state index in [0.717, 1.165) is 41.8 Å². The Hall–Kier alpha value is -3.00. The summed E-state index contributed by atoms with van der Waals surface area (Å²) in [6, 6.07) is 7.84. The molecule has 1 aromatic carbocycles. The summed E-state index contributed by atoms with van der Waals surface area (Å²) in [4.78, 5) is 43.9. The number of amides is 2. The van der Waals surface area contributed by atoms with Crippen LogP contribution in [0.4, 0.5) is 5.69 Å². The van der Waals surface area contributed by atoms with E-state index in [1.807, 2.05) is 24.3 Å². The van der Waals surface area contributed by atoms with E-state index in [1.165, 1.54) is 21.3 Å². The van der Waals surface area contributed by atoms with Crippen molar-refractivity contribution >= 4 is 39.1 Å². The Morgan fingerprint density at radius 1 is 1.12 bits per heavy atom. The van der Waals surface area contributed by atoms with Gasteiger partial charge in [0.25, 0.3) is 5.56 Å². The van der Waals surface area contributed by atoms with Crippen LogP contribution in [-0.4, -0.2) is 27.9 Å². The zero-order valence-electron chi connectivity index (χ0n) is 19.1. The van der Waals surface area contributed by atoms with Crippen molar-refractivity contribution in [2.75, 3.05) is 11.9 Å². The number of thiophene rings is 1. The molecular formula is C25H30N4O3S. The van der Waals surface area contributed by atoms with Gasteiger partial charge < -0.3 is 10.6 Å². The molecule has 7 nitrogen and oxygen atoms in total. The maximum Gasteiger partial charge on any atom is 0.262 e. The second-order valence-electron chi connectivity index (χ2n) is 8.85. The second kappa shape index (κ2) is 10.3. The molecule has 1 aliphatic rings. The first-order valence-corrected chi connectivity index (χ1v) is 12.4. The SMILES string of the molecule is CC(C)c1ccc(NC(=O)CCCNC(=O)Cn2cnc3sc4c(c3c2=O)CCCC4)cc1. The molecule has 0 fully saturated rings. The van der Waals surface area contributed by atoms with Gasteiger partial charge in [-0.3, -0.25) is 19.0 Å². The first kappa shape index (κ1) is 23.2. The molecule has 8 heteroatoms. The summed E-state index contributed by atoms with van der Waals surface area (Å²) >= 11 is 1.60. The summed E-state index contributed by atoms with van der Waals surface area (Å²) < 4.78 is 1.38. The number of nitrogens with zero attached hydrogens (tertiary/aromatic N) is 2. The number of hydrogen-bond acceptors (Lipinski definition) is 5. The fraction of sp³-hybridized carbons (Fsp3) is 0.440. The van der Waals surface area contributed by atoms with Crippen LogP contribution in [-0.2, 0) is 29.0 Å². The largest absolute Gasteiger partial charge is 0.355 e. The van der Waals surface area contributed by atoms with Crippen LogP contribution in [0.5, 0.6) is 0 Å². The second-order valence-corrected chi connectivity index (χ2v) is 9.93. The zero-order valence-corrected chi connectivity index (χ0v) is 20.0. The van der Waals surface area contributed by atoms with Crippen molar-refractivity contribution in [2.45, 2.75) is 64.8 Å². The molecule has 0 atom stereocenters. The van der Waals surface area contributed by atoms with E-state index in [0.29, 0.717) is 30.7 Å². The molecule has 0 bridgehead atoms. The van der Waals surface area contributed by atoms with Gasteiger partial charge in [-0.2, -0.15) is 0 Å². The van der Waals surface area contributed by atoms with Crippen molar-refractivity contribution in [3.63, 3.8) is 0 Å². The van der Waals surface area contributed by atoms with Crippen molar-refractivity contribution in [3.05, 3.63) is 57.0 Å². The van der Waals surface area contributed by atoms with Crippen LogP contribution in [0, 0.1) is 0 Å². The number of fused-ring (bicyclic) bond motifs is 3. The Bertz CT molecular complexity index is 1210. The topological polar surface area (TPSA) is 93.1 Å². The molecule has 0 aliphatic heterocycles. The van der Waals surface area contributed by atoms with Crippen LogP contribution in [0.2, 0.25) is 0 Å². The molecule has 0 unspecified atom stereocenters. The third-order valence-corrected chi connectivity index (χ3v) is 7.22. The van der Waals surface area contributed by atoms with Gasteiger partial charge in [-0.15, -0.1) is 11.3 Å². The number of aromatic nitrogens is 2. The zero-order chi connectivity index (χ0) is 23.4. The van der Waals surface area contributed by atoms with E-state index >= 15 is 0 Å². The van der Waals surface area contributed by atoms with Gasteiger partial charge in [-0.1, -0.05) is 26.0 Å². The monoisotopic (exact) mass is 466 g/mol. The number of carbonyl (C=O) groups is 2. The van der Waals surface area contributed by atoms with E-state index in [4.69, 9.17) is 0 Å². The molecule has 3 aromatic rings. The Balaban J connectivity index is 1.25. The van der Waals surface area contributed by atoms with Crippen LogP contribution in [0.15, 0.2) is 35.4 Å². The quantitative estimate of drug-likeness (QED) is 0.491. The Labute approximate surface area is 197 Å². The minimum Gasteiger partial charge on any atom is -0.355 e. The lowest BCUT2D eigenvalue weighted by Gasteiger charge is -2.11. The Morgan fingerprint density at radius 2 is 1.88 bits per heavy atom. The summed E-state index contributed by atoms with van der Waals surface area (Å²) in [5, 5.41) is 6.36. The standard InChI is InChI=1S/C25H30N4O3S/c1-16(2)17-9-11-18(12-10-17)28-21(30)8-5-13-26-22(31)14-29-15-27-24-23(25(29)32)19-6-3-4-7-20(19)33-24/h9-12,15-16H,3-8,13-14H2,1-2H3,(H,26,31)(H,28,30). The molecule has 0 saturated heterocycles. The number of rotatable bonds is 8. The van der Waals surface area contributed by atoms with Crippen LogP contribution in [0.3, 0.4) is 0 Å². The lowest BCUT2D eigenvalue weighted by Crippen LogP contribution is -2.33. The lowest BCUT2D eigenvalue weighted by atomic mass is 9.97. The molecule has 2 amide bonds. The van der Waals surface area contributed by atoms with Gasteiger partial charge in [-0.05, 0) is 61.3 Å². The van der Waals surface area contributed by atoms with Crippen molar-refractivity contribution in [2.24, 2.45) is 0 Å². The van der Waals surface area contributed by atoms with Crippen LogP contribution in [0.25, 0.3) is 10.2 Å². The molecule has 2 N–H and O–H groups in total. The molecule has 33 heavy (non-hydrogen) atoms. The molecule has 2 aromatic heterocycles. The number of aryl methyl sites for hydroxylation is 2. The minimum atomic E-state index is -0.257. The van der Waals surface area contributed by atoms with Gasteiger partial charge in [0.2, 0.25) is 11.8 Å². The maximum atomic E-state index is 12.9. The first-order chi connectivity index (χ1) is 15.9. The number of carbonyl (C=O) groups excluding carboxylic acids is 2. The van der Waals surface area contributed by atoms with Gasteiger partial charge in [0.1, 0.15) is 11.4 Å². The molecular weight excluding hydrogens is 436 g/mol. The average Bonchev–Trinajstić information content (AvgIpc) is 3.18. The summed E-state index contributed by atoms with van der Waals surface area (Å²) in [6.45, 7) is 4.56. The van der Waals surface area contributed by atoms with Crippen molar-refractivity contribution in [1.29, 1.82) is 0 Å². The van der Waals surface area contributed by atoms with E-state index in [-0.39, 0.29) is 23.9 Å². The van der Waals surface area contributed by atoms with Gasteiger partial charge in [-0.25, -0.2) is 4.98 Å². The van der Waals surface area contributed by atoms with Crippen molar-refractivity contribution in [1.82, 2.24) is 14.9 Å². The van der Waals surface area contributed by atoms with E-state index in [1.54, 1.807) is 11.3 Å². The normalized spacial score (nSPS) is 13.2. The minimum absolute atomic E-state index is 0.0687. The van der Waals surface area contributed by atoms with E-state index in [2.05, 4.69) is 29.5 Å². The molecule has 4 rings (SSSR count). The smallest absolute Gasteiger partial charge is 0.262 e. The number of nitrogens with one attached hydrogen (secondary N) is 2. The number of anilines is 1. The van der Waals surface area contributed by atoms with Gasteiger partial charge in [0.15, 0.2) is 0 Å². The lowest BCUT2D eigenvalue weighted by molar-refractivity contribution is -0.122. The predicted octanol–water partition coefficient (Wildman–Crippen LogP) is 4.00. The van der Waals surface area contributed by atoms with Gasteiger partial charge >= 0.3 is 0 Å². The molecule has 1 aliphatic carbocycles. The Kier molecular flexibility index (Phi) is 7.23. The number of benzene rings is 1. The number of hydrogen-bond donors (Lipinski definition) is 2. The highest BCUT2D eigenvalue weighted by molar-refractivity contribution is 7.18. The van der Waals surface area contributed by atoms with Crippen LogP contribution < -0.4 is 16.2 Å². The molecule has 0 radical (unpaired) electrons. The molecule has 2 heterocycles. The highest BCUT2D eigenvalue weighted by atomic mass is 32.1. The molecule has 174 valence electrons. The third kappa shape index (κ3) is 5.50. The highest BCUT2D eigenvalue weighted by Gasteiger charge is 2.20. The third-order valence-electron chi connectivity index (χ3n) is 6.02. The maximum absolute atomic E-state index is 12.9. The highest BCUT2D eigenvalue weighted by Crippen LogP contribution is 2.33. The van der Waals surface area contributed by atoms with Crippen molar-refractivity contribution in [3.8, 4) is 0 Å². The van der Waals surface area contributed by atoms with Crippen LogP contribution in [0.1, 0.15) is 61.5 Å². The predicted molar refractivity (Wildman–Crippen MR) is 132 cm³/mol. The summed E-state index contributed by atoms with van der Waals surface area (Å²) in [6.07, 6.45) is 6.44. The molecule has 0 saturated carbocycles. The van der Waals surface area contributed by atoms with E-state index in [9.17, 15) is 14.4 Å². The summed E-state index contributed by atoms with van der Waals surface area (Å²) in [7, 11) is 0. The fourth-order valence-corrected chi connectivity index (χ4v) is 5.38. The first-order valence-electron chi connectivity index (χ1n) is 11.6. The summed E-state index contributed by atoms with van der Waals surface area (Å²) in [5.41, 5.74) is 2.98. The molecule has 0 spiro atoms.